The van der Waals surface area contributed by atoms with Crippen LogP contribution in [-0.2, 0) is 10.2 Å². The molecule has 0 spiro atoms. The predicted molar refractivity (Wildman–Crippen MR) is 90.6 cm³/mol. The summed E-state index contributed by atoms with van der Waals surface area (Å²) in [7, 11) is 1.80. The van der Waals surface area contributed by atoms with Crippen molar-refractivity contribution in [3.8, 4) is 0 Å². The molecule has 1 aliphatic carbocycles. The zero-order valence-electron chi connectivity index (χ0n) is 13.8. The van der Waals surface area contributed by atoms with E-state index in [1.165, 1.54) is 57.5 Å². The second kappa shape index (κ2) is 5.86. The van der Waals surface area contributed by atoms with Crippen molar-refractivity contribution in [2.75, 3.05) is 51.3 Å². The van der Waals surface area contributed by atoms with Gasteiger partial charge in [-0.25, -0.2) is 0 Å². The Balaban J connectivity index is 1.43. The van der Waals surface area contributed by atoms with Crippen molar-refractivity contribution in [2.24, 2.45) is 5.92 Å². The zero-order valence-corrected chi connectivity index (χ0v) is 13.8. The molecule has 0 unspecified atom stereocenters. The van der Waals surface area contributed by atoms with Crippen LogP contribution in [0.5, 0.6) is 0 Å². The SMILES string of the molecule is COCCN1C[C@@H]2C[C@]2(c2ccc(N3CCCCC3)cc2)C1. The van der Waals surface area contributed by atoms with Crippen molar-refractivity contribution in [2.45, 2.75) is 31.1 Å². The summed E-state index contributed by atoms with van der Waals surface area (Å²) < 4.78 is 5.23. The normalized spacial score (nSPS) is 31.3. The Morgan fingerprint density at radius 1 is 1.14 bits per heavy atom. The molecule has 1 saturated carbocycles. The second-order valence-corrected chi connectivity index (χ2v) is 7.38. The van der Waals surface area contributed by atoms with Gasteiger partial charge in [-0.05, 0) is 49.3 Å². The van der Waals surface area contributed by atoms with Gasteiger partial charge in [0.25, 0.3) is 0 Å². The van der Waals surface area contributed by atoms with Gasteiger partial charge in [0.05, 0.1) is 6.61 Å². The Labute approximate surface area is 134 Å². The number of hydrogen-bond donors (Lipinski definition) is 0. The van der Waals surface area contributed by atoms with Gasteiger partial charge < -0.3 is 9.64 Å². The molecule has 0 bridgehead atoms. The molecule has 3 fully saturated rings. The zero-order chi connectivity index (χ0) is 15.0. The molecule has 120 valence electrons. The number of rotatable bonds is 5. The van der Waals surface area contributed by atoms with Gasteiger partial charge in [0, 0.05) is 50.9 Å². The molecule has 1 aromatic rings. The summed E-state index contributed by atoms with van der Waals surface area (Å²) in [6.07, 6.45) is 5.49. The maximum atomic E-state index is 5.23. The van der Waals surface area contributed by atoms with E-state index in [0.717, 1.165) is 19.1 Å². The maximum absolute atomic E-state index is 5.23. The lowest BCUT2D eigenvalue weighted by atomic mass is 9.94. The van der Waals surface area contributed by atoms with Gasteiger partial charge in [0.15, 0.2) is 0 Å². The van der Waals surface area contributed by atoms with E-state index in [-0.39, 0.29) is 0 Å². The van der Waals surface area contributed by atoms with Crippen LogP contribution in [0.4, 0.5) is 5.69 Å². The van der Waals surface area contributed by atoms with Crippen LogP contribution < -0.4 is 4.90 Å². The lowest BCUT2D eigenvalue weighted by Crippen LogP contribution is -2.30. The largest absolute Gasteiger partial charge is 0.383 e. The maximum Gasteiger partial charge on any atom is 0.0589 e. The van der Waals surface area contributed by atoms with Crippen molar-refractivity contribution in [3.05, 3.63) is 29.8 Å². The van der Waals surface area contributed by atoms with Crippen molar-refractivity contribution in [1.82, 2.24) is 4.90 Å². The second-order valence-electron chi connectivity index (χ2n) is 7.38. The number of fused-ring (bicyclic) bond motifs is 1. The Hall–Kier alpha value is -1.06. The summed E-state index contributed by atoms with van der Waals surface area (Å²) in [5.41, 5.74) is 3.46. The molecule has 3 nitrogen and oxygen atoms in total. The smallest absolute Gasteiger partial charge is 0.0589 e. The number of benzene rings is 1. The van der Waals surface area contributed by atoms with E-state index in [0.29, 0.717) is 5.41 Å². The highest BCUT2D eigenvalue weighted by molar-refractivity contribution is 5.50. The number of piperidine rings is 2. The van der Waals surface area contributed by atoms with Crippen LogP contribution in [0.15, 0.2) is 24.3 Å². The van der Waals surface area contributed by atoms with Crippen LogP contribution in [-0.4, -0.2) is 51.3 Å². The molecule has 0 radical (unpaired) electrons. The van der Waals surface area contributed by atoms with Gasteiger partial charge >= 0.3 is 0 Å². The molecular weight excluding hydrogens is 272 g/mol. The van der Waals surface area contributed by atoms with Gasteiger partial charge in [0.1, 0.15) is 0 Å². The molecule has 2 heterocycles. The van der Waals surface area contributed by atoms with Crippen molar-refractivity contribution < 1.29 is 4.74 Å². The fraction of sp³-hybridized carbons (Fsp3) is 0.684. The number of likely N-dealkylation sites (tertiary alicyclic amines) is 1. The molecule has 4 rings (SSSR count). The van der Waals surface area contributed by atoms with Crippen LogP contribution in [0.2, 0.25) is 0 Å². The Morgan fingerprint density at radius 2 is 1.91 bits per heavy atom. The van der Waals surface area contributed by atoms with Crippen LogP contribution in [0, 0.1) is 5.92 Å². The topological polar surface area (TPSA) is 15.7 Å². The highest BCUT2D eigenvalue weighted by atomic mass is 16.5. The number of hydrogen-bond acceptors (Lipinski definition) is 3. The van der Waals surface area contributed by atoms with Crippen molar-refractivity contribution in [1.29, 1.82) is 0 Å². The number of anilines is 1. The van der Waals surface area contributed by atoms with E-state index in [2.05, 4.69) is 34.1 Å². The highest BCUT2D eigenvalue weighted by Crippen LogP contribution is 2.59. The van der Waals surface area contributed by atoms with Gasteiger partial charge in [-0.3, -0.25) is 4.90 Å². The van der Waals surface area contributed by atoms with E-state index >= 15 is 0 Å². The molecular formula is C19H28N2O. The first-order valence-corrected chi connectivity index (χ1v) is 8.89. The molecule has 3 heteroatoms. The summed E-state index contributed by atoms with van der Waals surface area (Å²) in [6.45, 7) is 6.90. The Morgan fingerprint density at radius 3 is 2.64 bits per heavy atom. The monoisotopic (exact) mass is 300 g/mol. The summed E-state index contributed by atoms with van der Waals surface area (Å²) in [4.78, 5) is 5.13. The molecule has 2 atom stereocenters. The van der Waals surface area contributed by atoms with E-state index in [1.807, 2.05) is 0 Å². The summed E-state index contributed by atoms with van der Waals surface area (Å²) in [5, 5.41) is 0. The number of methoxy groups -OCH3 is 1. The van der Waals surface area contributed by atoms with Crippen molar-refractivity contribution in [3.63, 3.8) is 0 Å². The van der Waals surface area contributed by atoms with Crippen LogP contribution >= 0.6 is 0 Å². The highest BCUT2D eigenvalue weighted by Gasteiger charge is 2.60. The first-order valence-electron chi connectivity index (χ1n) is 8.89. The van der Waals surface area contributed by atoms with Gasteiger partial charge in [-0.1, -0.05) is 12.1 Å². The van der Waals surface area contributed by atoms with Crippen molar-refractivity contribution >= 4 is 5.69 Å². The molecule has 2 saturated heterocycles. The average Bonchev–Trinajstić information content (AvgIpc) is 3.16. The molecule has 0 N–H and O–H groups in total. The van der Waals surface area contributed by atoms with Crippen LogP contribution in [0.3, 0.4) is 0 Å². The standard InChI is InChI=1S/C19H28N2O/c1-22-12-11-20-14-17-13-19(17,15-20)16-5-7-18(8-6-16)21-9-3-2-4-10-21/h5-8,17H,2-4,9-15H2,1H3/t17-,19+/m0/s1. The first kappa shape index (κ1) is 14.5. The van der Waals surface area contributed by atoms with Gasteiger partial charge in [-0.2, -0.15) is 0 Å². The van der Waals surface area contributed by atoms with Crippen LogP contribution in [0.1, 0.15) is 31.2 Å². The number of nitrogens with zero attached hydrogens (tertiary/aromatic N) is 2. The third-order valence-corrected chi connectivity index (χ3v) is 5.99. The minimum absolute atomic E-state index is 0.466. The molecule has 3 aliphatic rings. The molecule has 22 heavy (non-hydrogen) atoms. The number of ether oxygens (including phenoxy) is 1. The molecule has 0 aromatic heterocycles. The minimum Gasteiger partial charge on any atom is -0.383 e. The Kier molecular flexibility index (Phi) is 3.87. The quantitative estimate of drug-likeness (QED) is 0.831. The average molecular weight is 300 g/mol. The third-order valence-electron chi connectivity index (χ3n) is 5.99. The minimum atomic E-state index is 0.466. The molecule has 1 aromatic carbocycles. The van der Waals surface area contributed by atoms with Gasteiger partial charge in [0.2, 0.25) is 0 Å². The lowest BCUT2D eigenvalue weighted by Gasteiger charge is -2.29. The molecule has 0 amide bonds. The van der Waals surface area contributed by atoms with E-state index < -0.39 is 0 Å². The summed E-state index contributed by atoms with van der Waals surface area (Å²) in [6, 6.07) is 9.54. The predicted octanol–water partition coefficient (Wildman–Crippen LogP) is 2.90. The fourth-order valence-electron chi connectivity index (χ4n) is 4.58. The third kappa shape index (κ3) is 2.55. The summed E-state index contributed by atoms with van der Waals surface area (Å²) >= 11 is 0. The summed E-state index contributed by atoms with van der Waals surface area (Å²) in [5.74, 6) is 0.880. The van der Waals surface area contributed by atoms with E-state index in [4.69, 9.17) is 4.74 Å². The van der Waals surface area contributed by atoms with E-state index in [1.54, 1.807) is 12.7 Å². The van der Waals surface area contributed by atoms with E-state index in [9.17, 15) is 0 Å². The Bertz CT molecular complexity index is 509. The molecule has 2 aliphatic heterocycles. The lowest BCUT2D eigenvalue weighted by molar-refractivity contribution is 0.153. The first-order chi connectivity index (χ1) is 10.8. The fourth-order valence-corrected chi connectivity index (χ4v) is 4.58. The van der Waals surface area contributed by atoms with Crippen LogP contribution in [0.25, 0.3) is 0 Å². The van der Waals surface area contributed by atoms with Gasteiger partial charge in [-0.15, -0.1) is 0 Å².